The Morgan fingerprint density at radius 2 is 2.00 bits per heavy atom. The molecule has 0 saturated carbocycles. The number of hydrogen-bond donors (Lipinski definition) is 3. The molecule has 1 atom stereocenters. The summed E-state index contributed by atoms with van der Waals surface area (Å²) in [6.07, 6.45) is -0.876. The molecule has 8 heteroatoms. The van der Waals surface area contributed by atoms with Crippen molar-refractivity contribution in [3.63, 3.8) is 0 Å². The average molecular weight is 238 g/mol. The minimum absolute atomic E-state index is 0. The maximum atomic E-state index is 10.2. The van der Waals surface area contributed by atoms with Crippen LogP contribution < -0.4 is 29.6 Å². The zero-order valence-electron chi connectivity index (χ0n) is 9.09. The fourth-order valence-electron chi connectivity index (χ4n) is 0.654. The van der Waals surface area contributed by atoms with Crippen LogP contribution in [0.4, 0.5) is 0 Å². The minimum Gasteiger partial charge on any atom is -1.00 e. The Labute approximate surface area is 107 Å². The average Bonchev–Trinajstić information content (AvgIpc) is 1.97. The van der Waals surface area contributed by atoms with Crippen LogP contribution >= 0.6 is 0 Å². The molecule has 0 bridgehead atoms. The SMILES string of the molecule is O=S(=O)(O)CCCOC(O)CCO.[H-].[Na+]. The van der Waals surface area contributed by atoms with E-state index in [4.69, 9.17) is 19.5 Å². The Kier molecular flexibility index (Phi) is 11.1. The molecule has 0 heterocycles. The first-order chi connectivity index (χ1) is 5.95. The molecule has 0 amide bonds. The van der Waals surface area contributed by atoms with Gasteiger partial charge in [-0.2, -0.15) is 8.42 Å². The summed E-state index contributed by atoms with van der Waals surface area (Å²) in [5.74, 6) is -0.390. The van der Waals surface area contributed by atoms with Gasteiger partial charge in [0.15, 0.2) is 6.29 Å². The van der Waals surface area contributed by atoms with Crippen LogP contribution in [0.1, 0.15) is 14.3 Å². The van der Waals surface area contributed by atoms with Gasteiger partial charge in [0.1, 0.15) is 0 Å². The summed E-state index contributed by atoms with van der Waals surface area (Å²) in [6.45, 7) is -0.166. The molecule has 0 spiro atoms. The first kappa shape index (κ1) is 17.2. The van der Waals surface area contributed by atoms with E-state index < -0.39 is 22.2 Å². The molecule has 0 aliphatic rings. The van der Waals surface area contributed by atoms with Gasteiger partial charge in [-0.3, -0.25) is 4.55 Å². The molecular weight excluding hydrogens is 223 g/mol. The normalized spacial score (nSPS) is 13.4. The molecular formula is C6H15NaO6S. The molecule has 14 heavy (non-hydrogen) atoms. The number of aliphatic hydroxyl groups is 2. The van der Waals surface area contributed by atoms with Crippen LogP contribution in [-0.2, 0) is 14.9 Å². The van der Waals surface area contributed by atoms with Crippen molar-refractivity contribution >= 4 is 10.1 Å². The van der Waals surface area contributed by atoms with Crippen molar-refractivity contribution in [2.24, 2.45) is 0 Å². The van der Waals surface area contributed by atoms with Gasteiger partial charge in [-0.15, -0.1) is 0 Å². The number of rotatable bonds is 7. The van der Waals surface area contributed by atoms with E-state index >= 15 is 0 Å². The van der Waals surface area contributed by atoms with Crippen LogP contribution in [0.25, 0.3) is 0 Å². The van der Waals surface area contributed by atoms with Crippen molar-refractivity contribution in [1.82, 2.24) is 0 Å². The van der Waals surface area contributed by atoms with Crippen molar-refractivity contribution in [2.75, 3.05) is 19.0 Å². The van der Waals surface area contributed by atoms with Crippen LogP contribution in [0.15, 0.2) is 0 Å². The zero-order valence-corrected chi connectivity index (χ0v) is 10.9. The Bertz CT molecular complexity index is 222. The summed E-state index contributed by atoms with van der Waals surface area (Å²) in [7, 11) is -3.95. The van der Waals surface area contributed by atoms with E-state index in [1.165, 1.54) is 0 Å². The van der Waals surface area contributed by atoms with Gasteiger partial charge < -0.3 is 16.4 Å². The third-order valence-electron chi connectivity index (χ3n) is 1.23. The predicted octanol–water partition coefficient (Wildman–Crippen LogP) is -3.90. The fraction of sp³-hybridized carbons (Fsp3) is 1.00. The molecule has 0 aromatic rings. The molecule has 3 N–H and O–H groups in total. The summed E-state index contributed by atoms with van der Waals surface area (Å²) in [5.41, 5.74) is 0. The summed E-state index contributed by atoms with van der Waals surface area (Å²) >= 11 is 0. The topological polar surface area (TPSA) is 104 Å². The first-order valence-corrected chi connectivity index (χ1v) is 5.42. The van der Waals surface area contributed by atoms with Crippen LogP contribution in [0.3, 0.4) is 0 Å². The quantitative estimate of drug-likeness (QED) is 0.181. The van der Waals surface area contributed by atoms with Gasteiger partial charge in [0.25, 0.3) is 10.1 Å². The molecule has 0 aliphatic carbocycles. The third kappa shape index (κ3) is 12.8. The largest absolute Gasteiger partial charge is 1.00 e. The van der Waals surface area contributed by atoms with E-state index in [-0.39, 0.29) is 57.0 Å². The smallest absolute Gasteiger partial charge is 1.00 e. The Morgan fingerprint density at radius 1 is 1.43 bits per heavy atom. The van der Waals surface area contributed by atoms with Crippen LogP contribution in [-0.4, -0.2) is 48.4 Å². The van der Waals surface area contributed by atoms with E-state index in [1.807, 2.05) is 0 Å². The van der Waals surface area contributed by atoms with Crippen molar-refractivity contribution in [1.29, 1.82) is 0 Å². The monoisotopic (exact) mass is 238 g/mol. The summed E-state index contributed by atoms with van der Waals surface area (Å²) in [4.78, 5) is 0. The van der Waals surface area contributed by atoms with Gasteiger partial charge in [-0.1, -0.05) is 0 Å². The van der Waals surface area contributed by atoms with Crippen LogP contribution in [0.2, 0.25) is 0 Å². The van der Waals surface area contributed by atoms with Crippen molar-refractivity contribution < 1.29 is 58.9 Å². The summed E-state index contributed by atoms with van der Waals surface area (Å²) in [6, 6.07) is 0. The maximum absolute atomic E-state index is 10.2. The van der Waals surface area contributed by atoms with E-state index in [9.17, 15) is 8.42 Å². The number of ether oxygens (including phenoxy) is 1. The van der Waals surface area contributed by atoms with E-state index in [1.54, 1.807) is 0 Å². The van der Waals surface area contributed by atoms with Crippen molar-refractivity contribution in [2.45, 2.75) is 19.1 Å². The molecule has 82 valence electrons. The zero-order chi connectivity index (χ0) is 10.3. The molecule has 0 aliphatic heterocycles. The minimum atomic E-state index is -3.95. The molecule has 0 fully saturated rings. The third-order valence-corrected chi connectivity index (χ3v) is 2.04. The van der Waals surface area contributed by atoms with Gasteiger partial charge in [-0.05, 0) is 6.42 Å². The van der Waals surface area contributed by atoms with Gasteiger partial charge in [0.05, 0.1) is 12.4 Å². The van der Waals surface area contributed by atoms with Gasteiger partial charge in [0, 0.05) is 13.0 Å². The standard InChI is InChI=1S/C6H14O6S.Na.H/c7-3-2-6(8)12-4-1-5-13(9,10)11;;/h6-8H,1-5H2,(H,9,10,11);;/q;+1;-1. The Balaban J connectivity index is -0.000000720. The van der Waals surface area contributed by atoms with Gasteiger partial charge in [-0.25, -0.2) is 0 Å². The van der Waals surface area contributed by atoms with Gasteiger partial charge >= 0.3 is 29.6 Å². The molecule has 0 saturated heterocycles. The van der Waals surface area contributed by atoms with Crippen LogP contribution in [0.5, 0.6) is 0 Å². The van der Waals surface area contributed by atoms with Gasteiger partial charge in [0.2, 0.25) is 0 Å². The van der Waals surface area contributed by atoms with Crippen molar-refractivity contribution in [3.8, 4) is 0 Å². The number of hydrogen-bond acceptors (Lipinski definition) is 5. The molecule has 0 rings (SSSR count). The molecule has 0 aromatic heterocycles. The molecule has 6 nitrogen and oxygen atoms in total. The molecule has 0 aromatic carbocycles. The number of aliphatic hydroxyl groups excluding tert-OH is 2. The first-order valence-electron chi connectivity index (χ1n) is 3.81. The molecule has 1 unspecified atom stereocenters. The summed E-state index contributed by atoms with van der Waals surface area (Å²) in [5, 5.41) is 17.2. The Hall–Kier alpha value is 0.790. The van der Waals surface area contributed by atoms with E-state index in [0.29, 0.717) is 0 Å². The molecule has 0 radical (unpaired) electrons. The van der Waals surface area contributed by atoms with E-state index in [0.717, 1.165) is 0 Å². The fourth-order valence-corrected chi connectivity index (χ4v) is 1.14. The van der Waals surface area contributed by atoms with E-state index in [2.05, 4.69) is 0 Å². The predicted molar refractivity (Wildman–Crippen MR) is 45.8 cm³/mol. The second-order valence-corrected chi connectivity index (χ2v) is 4.05. The second-order valence-electron chi connectivity index (χ2n) is 2.48. The van der Waals surface area contributed by atoms with Crippen molar-refractivity contribution in [3.05, 3.63) is 0 Å². The van der Waals surface area contributed by atoms with Crippen LogP contribution in [0, 0.1) is 0 Å². The second kappa shape index (κ2) is 9.05. The summed E-state index contributed by atoms with van der Waals surface area (Å²) < 4.78 is 33.4. The maximum Gasteiger partial charge on any atom is 1.00 e. The Morgan fingerprint density at radius 3 is 2.43 bits per heavy atom.